The van der Waals surface area contributed by atoms with Crippen LogP contribution in [0.3, 0.4) is 0 Å². The fraction of sp³-hybridized carbons (Fsp3) is 0.812. The average molecular weight is 299 g/mol. The molecule has 0 aliphatic heterocycles. The first-order chi connectivity index (χ1) is 9.19. The van der Waals surface area contributed by atoms with E-state index in [2.05, 4.69) is 17.2 Å². The molecule has 4 saturated carbocycles. The van der Waals surface area contributed by atoms with Crippen LogP contribution in [-0.2, 0) is 4.79 Å². The number of carbonyl (C=O) groups excluding carboxylic acids is 1. The zero-order chi connectivity index (χ0) is 13.3. The highest BCUT2D eigenvalue weighted by Crippen LogP contribution is 2.59. The van der Waals surface area contributed by atoms with Crippen LogP contribution in [0.5, 0.6) is 0 Å². The quantitative estimate of drug-likeness (QED) is 0.584. The van der Waals surface area contributed by atoms with E-state index in [1.165, 1.54) is 38.5 Å². The van der Waals surface area contributed by atoms with E-state index < -0.39 is 0 Å². The smallest absolute Gasteiger partial charge is 0.233 e. The van der Waals surface area contributed by atoms with Gasteiger partial charge in [0.05, 0.1) is 6.54 Å². The maximum absolute atomic E-state index is 11.8. The van der Waals surface area contributed by atoms with Crippen molar-refractivity contribution in [1.82, 2.24) is 10.6 Å². The van der Waals surface area contributed by atoms with Gasteiger partial charge in [0.25, 0.3) is 0 Å². The summed E-state index contributed by atoms with van der Waals surface area (Å²) in [5.41, 5.74) is 0.447. The molecule has 4 bridgehead atoms. The molecule has 20 heavy (non-hydrogen) atoms. The van der Waals surface area contributed by atoms with Crippen molar-refractivity contribution in [3.8, 4) is 0 Å². The minimum absolute atomic E-state index is 0. The summed E-state index contributed by atoms with van der Waals surface area (Å²) in [7, 11) is 0. The molecule has 4 aliphatic rings. The Hall–Kier alpha value is -0.540. The fourth-order valence-corrected chi connectivity index (χ4v) is 5.14. The second kappa shape index (κ2) is 6.48. The highest BCUT2D eigenvalue weighted by molar-refractivity contribution is 5.85. The molecule has 0 radical (unpaired) electrons. The molecule has 114 valence electrons. The van der Waals surface area contributed by atoms with E-state index in [9.17, 15) is 4.79 Å². The van der Waals surface area contributed by atoms with E-state index in [1.807, 2.05) is 0 Å². The first-order valence-corrected chi connectivity index (χ1v) is 7.77. The summed E-state index contributed by atoms with van der Waals surface area (Å²) < 4.78 is 0. The molecule has 0 atom stereocenters. The predicted octanol–water partition coefficient (Wildman–Crippen LogP) is 2.52. The van der Waals surface area contributed by atoms with Crippen LogP contribution in [0.4, 0.5) is 0 Å². The minimum Gasteiger partial charge on any atom is -0.354 e. The lowest BCUT2D eigenvalue weighted by molar-refractivity contribution is -0.122. The van der Waals surface area contributed by atoms with Gasteiger partial charge in [-0.1, -0.05) is 6.08 Å². The van der Waals surface area contributed by atoms with Gasteiger partial charge in [0.15, 0.2) is 0 Å². The van der Waals surface area contributed by atoms with E-state index >= 15 is 0 Å². The zero-order valence-electron chi connectivity index (χ0n) is 12.2. The van der Waals surface area contributed by atoms with Gasteiger partial charge >= 0.3 is 0 Å². The molecule has 4 fully saturated rings. The van der Waals surface area contributed by atoms with Crippen molar-refractivity contribution in [2.45, 2.75) is 38.5 Å². The predicted molar refractivity (Wildman–Crippen MR) is 83.9 cm³/mol. The second-order valence-corrected chi connectivity index (χ2v) is 7.11. The Labute approximate surface area is 128 Å². The van der Waals surface area contributed by atoms with Crippen molar-refractivity contribution < 1.29 is 4.79 Å². The summed E-state index contributed by atoms with van der Waals surface area (Å²) in [5.74, 6) is 3.02. The van der Waals surface area contributed by atoms with Crippen LogP contribution in [-0.4, -0.2) is 25.5 Å². The zero-order valence-corrected chi connectivity index (χ0v) is 13.0. The maximum atomic E-state index is 11.8. The molecular weight excluding hydrogens is 272 g/mol. The fourth-order valence-electron chi connectivity index (χ4n) is 5.14. The summed E-state index contributed by atoms with van der Waals surface area (Å²) in [6, 6.07) is 0. The maximum Gasteiger partial charge on any atom is 0.233 e. The Balaban J connectivity index is 0.00000147. The van der Waals surface area contributed by atoms with E-state index in [0.717, 1.165) is 24.3 Å². The van der Waals surface area contributed by atoms with Crippen molar-refractivity contribution in [1.29, 1.82) is 0 Å². The van der Waals surface area contributed by atoms with Crippen molar-refractivity contribution in [2.24, 2.45) is 23.2 Å². The minimum atomic E-state index is 0. The first kappa shape index (κ1) is 15.8. The molecule has 1 amide bonds. The van der Waals surface area contributed by atoms with Gasteiger partial charge < -0.3 is 10.6 Å². The molecule has 0 aromatic carbocycles. The molecule has 4 rings (SSSR count). The van der Waals surface area contributed by atoms with Crippen LogP contribution in [0, 0.1) is 23.2 Å². The molecule has 4 heteroatoms. The lowest BCUT2D eigenvalue weighted by atomic mass is 9.49. The number of hydrogen-bond acceptors (Lipinski definition) is 2. The van der Waals surface area contributed by atoms with E-state index in [0.29, 0.717) is 18.5 Å². The third kappa shape index (κ3) is 3.37. The Bertz CT molecular complexity index is 334. The normalized spacial score (nSPS) is 37.3. The number of amides is 1. The second-order valence-electron chi connectivity index (χ2n) is 7.11. The Morgan fingerprint density at radius 1 is 1.15 bits per heavy atom. The van der Waals surface area contributed by atoms with Crippen LogP contribution in [0.1, 0.15) is 38.5 Å². The summed E-state index contributed by atoms with van der Waals surface area (Å²) in [6.45, 7) is 5.66. The molecular formula is C16H27ClN2O. The highest BCUT2D eigenvalue weighted by Gasteiger charge is 2.50. The van der Waals surface area contributed by atoms with Gasteiger partial charge in [0.1, 0.15) is 0 Å². The van der Waals surface area contributed by atoms with E-state index in [-0.39, 0.29) is 18.3 Å². The van der Waals surface area contributed by atoms with Gasteiger partial charge in [-0.2, -0.15) is 0 Å². The van der Waals surface area contributed by atoms with Gasteiger partial charge in [0, 0.05) is 13.1 Å². The third-order valence-corrected chi connectivity index (χ3v) is 5.40. The Morgan fingerprint density at radius 2 is 1.70 bits per heavy atom. The highest BCUT2D eigenvalue weighted by atomic mass is 35.5. The first-order valence-electron chi connectivity index (χ1n) is 7.77. The van der Waals surface area contributed by atoms with E-state index in [4.69, 9.17) is 0 Å². The monoisotopic (exact) mass is 298 g/mol. The molecule has 3 nitrogen and oxygen atoms in total. The number of rotatable bonds is 6. The van der Waals surface area contributed by atoms with E-state index in [1.54, 1.807) is 6.08 Å². The standard InChI is InChI=1S/C16H26N2O.ClH/c1-2-3-17-10-15(19)18-11-16-7-12-4-13(8-16)6-14(5-12)9-16;/h2,12-14,17H,1,3-11H2,(H,18,19);1H. The molecule has 0 spiro atoms. The van der Waals surface area contributed by atoms with Crippen molar-refractivity contribution in [3.05, 3.63) is 12.7 Å². The molecule has 2 N–H and O–H groups in total. The molecule has 0 aromatic rings. The Morgan fingerprint density at radius 3 is 2.20 bits per heavy atom. The van der Waals surface area contributed by atoms with Crippen LogP contribution < -0.4 is 10.6 Å². The number of nitrogens with one attached hydrogen (secondary N) is 2. The third-order valence-electron chi connectivity index (χ3n) is 5.40. The molecule has 0 unspecified atom stereocenters. The average Bonchev–Trinajstić information content (AvgIpc) is 2.35. The number of hydrogen-bond donors (Lipinski definition) is 2. The summed E-state index contributed by atoms with van der Waals surface area (Å²) >= 11 is 0. The number of halogens is 1. The molecule has 0 heterocycles. The van der Waals surface area contributed by atoms with Crippen LogP contribution in [0.15, 0.2) is 12.7 Å². The molecule has 0 aromatic heterocycles. The van der Waals surface area contributed by atoms with Gasteiger partial charge in [-0.05, 0) is 61.7 Å². The van der Waals surface area contributed by atoms with Crippen molar-refractivity contribution in [2.75, 3.05) is 19.6 Å². The van der Waals surface area contributed by atoms with Crippen molar-refractivity contribution >= 4 is 18.3 Å². The SMILES string of the molecule is C=CCNCC(=O)NCC12CC3CC(CC(C3)C1)C2.Cl. The lowest BCUT2D eigenvalue weighted by Crippen LogP contribution is -2.51. The number of carbonyl (C=O) groups is 1. The lowest BCUT2D eigenvalue weighted by Gasteiger charge is -2.56. The van der Waals surface area contributed by atoms with Crippen LogP contribution >= 0.6 is 12.4 Å². The largest absolute Gasteiger partial charge is 0.354 e. The summed E-state index contributed by atoms with van der Waals surface area (Å²) in [5, 5.41) is 6.23. The Kier molecular flexibility index (Phi) is 5.14. The summed E-state index contributed by atoms with van der Waals surface area (Å²) in [6.07, 6.45) is 10.3. The van der Waals surface area contributed by atoms with Gasteiger partial charge in [0.2, 0.25) is 5.91 Å². The van der Waals surface area contributed by atoms with Gasteiger partial charge in [-0.15, -0.1) is 19.0 Å². The van der Waals surface area contributed by atoms with Crippen LogP contribution in [0.2, 0.25) is 0 Å². The molecule has 4 aliphatic carbocycles. The summed E-state index contributed by atoms with van der Waals surface area (Å²) in [4.78, 5) is 11.8. The van der Waals surface area contributed by atoms with Crippen molar-refractivity contribution in [3.63, 3.8) is 0 Å². The van der Waals surface area contributed by atoms with Crippen LogP contribution in [0.25, 0.3) is 0 Å². The van der Waals surface area contributed by atoms with Gasteiger partial charge in [-0.3, -0.25) is 4.79 Å². The van der Waals surface area contributed by atoms with Gasteiger partial charge in [-0.25, -0.2) is 0 Å². The molecule has 0 saturated heterocycles. The topological polar surface area (TPSA) is 41.1 Å².